The van der Waals surface area contributed by atoms with E-state index in [-0.39, 0.29) is 17.1 Å². The number of hydrogen-bond acceptors (Lipinski definition) is 2. The molecule has 1 aromatic carbocycles. The molecule has 16 heavy (non-hydrogen) atoms. The zero-order chi connectivity index (χ0) is 11.5. The number of aromatic nitrogens is 2. The van der Waals surface area contributed by atoms with Crippen molar-refractivity contribution in [1.82, 2.24) is 9.97 Å². The van der Waals surface area contributed by atoms with Crippen LogP contribution in [0.3, 0.4) is 0 Å². The smallest absolute Gasteiger partial charge is 0.264 e. The Balaban J connectivity index is 2.50. The summed E-state index contributed by atoms with van der Waals surface area (Å²) in [5.41, 5.74) is 0.471. The van der Waals surface area contributed by atoms with Gasteiger partial charge in [-0.1, -0.05) is 24.3 Å². The molecule has 0 bridgehead atoms. The van der Waals surface area contributed by atoms with Crippen molar-refractivity contribution in [3.05, 3.63) is 41.7 Å². The van der Waals surface area contributed by atoms with Crippen molar-refractivity contribution in [3.8, 4) is 11.4 Å². The lowest BCUT2D eigenvalue weighted by Gasteiger charge is -2.05. The zero-order valence-corrected chi connectivity index (χ0v) is 8.15. The van der Waals surface area contributed by atoms with E-state index in [1.54, 1.807) is 6.07 Å². The van der Waals surface area contributed by atoms with Gasteiger partial charge in [-0.25, -0.2) is 13.8 Å². The van der Waals surface area contributed by atoms with Crippen LogP contribution in [0.15, 0.2) is 30.5 Å². The molecule has 2 rings (SSSR count). The number of aromatic amines is 1. The maximum atomic E-state index is 12.7. The van der Waals surface area contributed by atoms with Gasteiger partial charge in [0.15, 0.2) is 6.29 Å². The molecule has 1 aromatic heterocycles. The van der Waals surface area contributed by atoms with E-state index in [4.69, 9.17) is 0 Å². The minimum Gasteiger partial charge on any atom is -0.336 e. The zero-order valence-electron chi connectivity index (χ0n) is 8.15. The van der Waals surface area contributed by atoms with E-state index in [1.165, 1.54) is 24.4 Å². The van der Waals surface area contributed by atoms with E-state index in [2.05, 4.69) is 9.97 Å². The highest BCUT2D eigenvalue weighted by Gasteiger charge is 2.15. The summed E-state index contributed by atoms with van der Waals surface area (Å²) in [7, 11) is 0. The van der Waals surface area contributed by atoms with E-state index < -0.39 is 6.43 Å². The Morgan fingerprint density at radius 1 is 1.31 bits per heavy atom. The Hall–Kier alpha value is -2.04. The fourth-order valence-corrected chi connectivity index (χ4v) is 1.44. The third kappa shape index (κ3) is 1.84. The predicted octanol–water partition coefficient (Wildman–Crippen LogP) is 2.83. The van der Waals surface area contributed by atoms with Gasteiger partial charge in [0.05, 0.1) is 11.9 Å². The quantitative estimate of drug-likeness (QED) is 0.811. The van der Waals surface area contributed by atoms with Crippen LogP contribution >= 0.6 is 0 Å². The minimum atomic E-state index is -2.57. The van der Waals surface area contributed by atoms with Gasteiger partial charge in [-0.05, 0) is 0 Å². The number of halogens is 2. The lowest BCUT2D eigenvalue weighted by Crippen LogP contribution is -1.91. The topological polar surface area (TPSA) is 45.8 Å². The maximum absolute atomic E-state index is 12.7. The predicted molar refractivity (Wildman–Crippen MR) is 54.4 cm³/mol. The highest BCUT2D eigenvalue weighted by atomic mass is 19.3. The van der Waals surface area contributed by atoms with Crippen molar-refractivity contribution in [2.24, 2.45) is 0 Å². The van der Waals surface area contributed by atoms with Gasteiger partial charge in [-0.15, -0.1) is 0 Å². The summed E-state index contributed by atoms with van der Waals surface area (Å²) in [5, 5.41) is 0. The number of nitrogens with one attached hydrogen (secondary N) is 1. The number of carbonyl (C=O) groups excluding carboxylic acids is 1. The van der Waals surface area contributed by atoms with Crippen LogP contribution in [0.2, 0.25) is 0 Å². The average Bonchev–Trinajstić information content (AvgIpc) is 2.77. The number of alkyl halides is 2. The lowest BCUT2D eigenvalue weighted by atomic mass is 10.1. The molecule has 0 fully saturated rings. The summed E-state index contributed by atoms with van der Waals surface area (Å²) in [6.45, 7) is 0. The molecule has 0 aliphatic rings. The van der Waals surface area contributed by atoms with Crippen LogP contribution in [-0.4, -0.2) is 16.3 Å². The SMILES string of the molecule is O=Cc1cnc(-c2ccccc2C(F)F)[nH]1. The Morgan fingerprint density at radius 3 is 2.69 bits per heavy atom. The van der Waals surface area contributed by atoms with Gasteiger partial charge in [0.25, 0.3) is 6.43 Å². The number of imidazole rings is 1. The van der Waals surface area contributed by atoms with E-state index in [9.17, 15) is 13.6 Å². The number of rotatable bonds is 3. The van der Waals surface area contributed by atoms with Crippen LogP contribution < -0.4 is 0 Å². The first-order chi connectivity index (χ1) is 7.72. The van der Waals surface area contributed by atoms with Crippen molar-refractivity contribution in [1.29, 1.82) is 0 Å². The molecule has 1 heterocycles. The molecule has 0 spiro atoms. The van der Waals surface area contributed by atoms with Crippen LogP contribution in [0.4, 0.5) is 8.78 Å². The second-order valence-electron chi connectivity index (χ2n) is 3.19. The normalized spacial score (nSPS) is 10.7. The maximum Gasteiger partial charge on any atom is 0.264 e. The van der Waals surface area contributed by atoms with Gasteiger partial charge in [0.1, 0.15) is 5.82 Å². The second-order valence-corrected chi connectivity index (χ2v) is 3.19. The van der Waals surface area contributed by atoms with E-state index in [0.29, 0.717) is 11.8 Å². The van der Waals surface area contributed by atoms with Crippen molar-refractivity contribution in [2.75, 3.05) is 0 Å². The van der Waals surface area contributed by atoms with Gasteiger partial charge in [-0.2, -0.15) is 0 Å². The van der Waals surface area contributed by atoms with Crippen molar-refractivity contribution >= 4 is 6.29 Å². The average molecular weight is 222 g/mol. The highest BCUT2D eigenvalue weighted by molar-refractivity contribution is 5.73. The molecule has 2 aromatic rings. The van der Waals surface area contributed by atoms with Crippen LogP contribution in [0.5, 0.6) is 0 Å². The summed E-state index contributed by atoms with van der Waals surface area (Å²) >= 11 is 0. The first-order valence-corrected chi connectivity index (χ1v) is 4.60. The fourth-order valence-electron chi connectivity index (χ4n) is 1.44. The molecule has 0 radical (unpaired) electrons. The molecule has 0 saturated carbocycles. The minimum absolute atomic E-state index is 0.103. The van der Waals surface area contributed by atoms with Crippen molar-refractivity contribution in [3.63, 3.8) is 0 Å². The van der Waals surface area contributed by atoms with Crippen LogP contribution in [0, 0.1) is 0 Å². The third-order valence-electron chi connectivity index (χ3n) is 2.17. The fraction of sp³-hybridized carbons (Fsp3) is 0.0909. The number of aldehydes is 1. The molecule has 0 unspecified atom stereocenters. The largest absolute Gasteiger partial charge is 0.336 e. The monoisotopic (exact) mass is 222 g/mol. The number of H-pyrrole nitrogens is 1. The molecule has 0 aliphatic heterocycles. The summed E-state index contributed by atoms with van der Waals surface area (Å²) in [6, 6.07) is 6.05. The summed E-state index contributed by atoms with van der Waals surface area (Å²) in [6.07, 6.45) is -0.674. The second kappa shape index (κ2) is 4.22. The summed E-state index contributed by atoms with van der Waals surface area (Å²) in [5.74, 6) is 0.276. The summed E-state index contributed by atoms with van der Waals surface area (Å²) < 4.78 is 25.4. The van der Waals surface area contributed by atoms with Gasteiger partial charge in [-0.3, -0.25) is 4.79 Å². The van der Waals surface area contributed by atoms with Crippen LogP contribution in [0.25, 0.3) is 11.4 Å². The number of nitrogens with zero attached hydrogens (tertiary/aromatic N) is 1. The van der Waals surface area contributed by atoms with Gasteiger partial charge < -0.3 is 4.98 Å². The van der Waals surface area contributed by atoms with Crippen molar-refractivity contribution < 1.29 is 13.6 Å². The number of hydrogen-bond donors (Lipinski definition) is 1. The molecular weight excluding hydrogens is 214 g/mol. The first kappa shape index (κ1) is 10.5. The first-order valence-electron chi connectivity index (χ1n) is 4.60. The van der Waals surface area contributed by atoms with Gasteiger partial charge in [0, 0.05) is 11.1 Å². The molecule has 1 N–H and O–H groups in total. The van der Waals surface area contributed by atoms with Gasteiger partial charge in [0.2, 0.25) is 0 Å². The molecular formula is C11H8F2N2O. The van der Waals surface area contributed by atoms with E-state index in [1.807, 2.05) is 0 Å². The molecule has 5 heteroatoms. The molecule has 82 valence electrons. The van der Waals surface area contributed by atoms with Crippen LogP contribution in [0.1, 0.15) is 22.5 Å². The Morgan fingerprint density at radius 2 is 2.06 bits per heavy atom. The highest BCUT2D eigenvalue weighted by Crippen LogP contribution is 2.28. The Bertz CT molecular complexity index is 508. The molecule has 0 aliphatic carbocycles. The number of carbonyl (C=O) groups is 1. The third-order valence-corrected chi connectivity index (χ3v) is 2.17. The Labute approximate surface area is 90.1 Å². The molecule has 0 atom stereocenters. The number of benzene rings is 1. The summed E-state index contributed by atoms with van der Waals surface area (Å²) in [4.78, 5) is 17.0. The molecule has 0 saturated heterocycles. The Kier molecular flexibility index (Phi) is 2.76. The van der Waals surface area contributed by atoms with E-state index >= 15 is 0 Å². The standard InChI is InChI=1S/C11H8F2N2O/c12-10(13)8-3-1-2-4-9(8)11-14-5-7(6-16)15-11/h1-6,10H,(H,14,15). The van der Waals surface area contributed by atoms with Crippen LogP contribution in [-0.2, 0) is 0 Å². The molecule has 3 nitrogen and oxygen atoms in total. The lowest BCUT2D eigenvalue weighted by molar-refractivity contribution is 0.111. The van der Waals surface area contributed by atoms with E-state index in [0.717, 1.165) is 0 Å². The van der Waals surface area contributed by atoms with Crippen molar-refractivity contribution in [2.45, 2.75) is 6.43 Å². The van der Waals surface area contributed by atoms with Gasteiger partial charge >= 0.3 is 0 Å². The molecule has 0 amide bonds.